The van der Waals surface area contributed by atoms with Crippen LogP contribution < -0.4 is 0 Å². The maximum Gasteiger partial charge on any atom is 0.144 e. The zero-order chi connectivity index (χ0) is 15.1. The van der Waals surface area contributed by atoms with Crippen molar-refractivity contribution in [3.05, 3.63) is 49.6 Å². The van der Waals surface area contributed by atoms with Gasteiger partial charge in [0.1, 0.15) is 11.6 Å². The van der Waals surface area contributed by atoms with Gasteiger partial charge >= 0.3 is 0 Å². The first-order valence-electron chi connectivity index (χ1n) is 6.18. The Hall–Kier alpha value is -0.620. The van der Waals surface area contributed by atoms with E-state index in [1.807, 2.05) is 22.9 Å². The Morgan fingerprint density at radius 3 is 2.81 bits per heavy atom. The second kappa shape index (κ2) is 5.88. The third-order valence-electron chi connectivity index (χ3n) is 3.11. The number of halogens is 4. The summed E-state index contributed by atoms with van der Waals surface area (Å²) < 4.78 is 16.7. The van der Waals surface area contributed by atoms with Crippen LogP contribution in [0.5, 0.6) is 0 Å². The fourth-order valence-electron chi connectivity index (χ4n) is 2.20. The van der Waals surface area contributed by atoms with Crippen molar-refractivity contribution >= 4 is 61.5 Å². The molecule has 0 saturated heterocycles. The standard InChI is InChI=1S/C14H10BrCl2FN2S/c1-7(16)14-19-12-3-10(17)11(18)4-13(12)20(14)5-9-2-8(15)6-21-9/h2-4,6-7H,5H2,1H3. The molecule has 2 nitrogen and oxygen atoms in total. The second-order valence-electron chi connectivity index (χ2n) is 4.66. The van der Waals surface area contributed by atoms with Crippen molar-refractivity contribution in [2.75, 3.05) is 0 Å². The lowest BCUT2D eigenvalue weighted by molar-refractivity contribution is 0.628. The van der Waals surface area contributed by atoms with Crippen LogP contribution in [0.2, 0.25) is 5.02 Å². The maximum absolute atomic E-state index is 13.8. The number of hydrogen-bond acceptors (Lipinski definition) is 2. The molecule has 7 heteroatoms. The molecule has 110 valence electrons. The second-order valence-corrected chi connectivity index (χ2v) is 7.63. The zero-order valence-electron chi connectivity index (χ0n) is 10.9. The van der Waals surface area contributed by atoms with Gasteiger partial charge in [-0.3, -0.25) is 0 Å². The van der Waals surface area contributed by atoms with Gasteiger partial charge < -0.3 is 4.57 Å². The van der Waals surface area contributed by atoms with E-state index in [-0.39, 0.29) is 10.4 Å². The molecule has 0 bridgehead atoms. The largest absolute Gasteiger partial charge is 0.321 e. The number of benzene rings is 1. The van der Waals surface area contributed by atoms with Gasteiger partial charge in [0.25, 0.3) is 0 Å². The Morgan fingerprint density at radius 2 is 2.19 bits per heavy atom. The number of nitrogens with zero attached hydrogens (tertiary/aromatic N) is 2. The van der Waals surface area contributed by atoms with E-state index in [2.05, 4.69) is 20.9 Å². The predicted molar refractivity (Wildman–Crippen MR) is 90.1 cm³/mol. The highest BCUT2D eigenvalue weighted by molar-refractivity contribution is 9.10. The summed E-state index contributed by atoms with van der Waals surface area (Å²) in [5.41, 5.74) is 1.35. The van der Waals surface area contributed by atoms with Crippen molar-refractivity contribution in [2.24, 2.45) is 0 Å². The third-order valence-corrected chi connectivity index (χ3v) is 5.28. The summed E-state index contributed by atoms with van der Waals surface area (Å²) in [4.78, 5) is 5.62. The monoisotopic (exact) mass is 406 g/mol. The summed E-state index contributed by atoms with van der Waals surface area (Å²) in [7, 11) is 0. The van der Waals surface area contributed by atoms with Crippen LogP contribution in [0.25, 0.3) is 11.0 Å². The fraction of sp³-hybridized carbons (Fsp3) is 0.214. The molecular formula is C14H10BrCl2FN2S. The summed E-state index contributed by atoms with van der Waals surface area (Å²) in [6, 6.07) is 4.98. The molecule has 3 aromatic rings. The Bertz CT molecular complexity index is 813. The lowest BCUT2D eigenvalue weighted by Gasteiger charge is -2.09. The van der Waals surface area contributed by atoms with Crippen LogP contribution in [0, 0.1) is 5.82 Å². The molecule has 21 heavy (non-hydrogen) atoms. The average Bonchev–Trinajstić information content (AvgIpc) is 2.96. The van der Waals surface area contributed by atoms with Crippen molar-refractivity contribution in [3.63, 3.8) is 0 Å². The van der Waals surface area contributed by atoms with E-state index < -0.39 is 5.82 Å². The molecule has 0 saturated carbocycles. The van der Waals surface area contributed by atoms with E-state index in [1.54, 1.807) is 11.3 Å². The smallest absolute Gasteiger partial charge is 0.144 e. The summed E-state index contributed by atoms with van der Waals surface area (Å²) >= 11 is 17.1. The summed E-state index contributed by atoms with van der Waals surface area (Å²) in [5, 5.41) is 1.80. The summed E-state index contributed by atoms with van der Waals surface area (Å²) in [5.74, 6) is 0.254. The first-order chi connectivity index (χ1) is 9.95. The predicted octanol–water partition coefficient (Wildman–Crippen LogP) is 6.00. The molecule has 0 fully saturated rings. The van der Waals surface area contributed by atoms with E-state index in [1.165, 1.54) is 12.1 Å². The Labute approximate surface area is 143 Å². The van der Waals surface area contributed by atoms with E-state index in [9.17, 15) is 4.39 Å². The molecule has 1 aromatic carbocycles. The number of thiophene rings is 1. The molecular weight excluding hydrogens is 398 g/mol. The van der Waals surface area contributed by atoms with Gasteiger partial charge in [-0.2, -0.15) is 0 Å². The van der Waals surface area contributed by atoms with Gasteiger partial charge in [0.15, 0.2) is 0 Å². The van der Waals surface area contributed by atoms with Crippen LogP contribution in [0.1, 0.15) is 23.0 Å². The highest BCUT2D eigenvalue weighted by atomic mass is 79.9. The molecule has 3 rings (SSSR count). The molecule has 0 aliphatic rings. The molecule has 1 unspecified atom stereocenters. The Morgan fingerprint density at radius 1 is 1.43 bits per heavy atom. The lowest BCUT2D eigenvalue weighted by Crippen LogP contribution is -2.04. The molecule has 1 atom stereocenters. The van der Waals surface area contributed by atoms with E-state index in [0.29, 0.717) is 23.4 Å². The van der Waals surface area contributed by atoms with E-state index in [0.717, 1.165) is 9.35 Å². The quantitative estimate of drug-likeness (QED) is 0.486. The number of imidazole rings is 1. The highest BCUT2D eigenvalue weighted by Crippen LogP contribution is 2.30. The van der Waals surface area contributed by atoms with Crippen molar-refractivity contribution in [2.45, 2.75) is 18.8 Å². The number of rotatable bonds is 3. The molecule has 2 aromatic heterocycles. The third kappa shape index (κ3) is 2.97. The topological polar surface area (TPSA) is 17.8 Å². The van der Waals surface area contributed by atoms with E-state index >= 15 is 0 Å². The normalized spacial score (nSPS) is 13.0. The van der Waals surface area contributed by atoms with Crippen LogP contribution >= 0.6 is 50.5 Å². The van der Waals surface area contributed by atoms with Crippen molar-refractivity contribution in [1.29, 1.82) is 0 Å². The van der Waals surface area contributed by atoms with Crippen LogP contribution in [0.3, 0.4) is 0 Å². The van der Waals surface area contributed by atoms with Crippen LogP contribution in [0.4, 0.5) is 4.39 Å². The summed E-state index contributed by atoms with van der Waals surface area (Å²) in [6.45, 7) is 2.45. The first kappa shape index (κ1) is 15.3. The first-order valence-corrected chi connectivity index (χ1v) is 8.66. The van der Waals surface area contributed by atoms with Gasteiger partial charge in [0, 0.05) is 20.8 Å². The highest BCUT2D eigenvalue weighted by Gasteiger charge is 2.17. The maximum atomic E-state index is 13.8. The minimum atomic E-state index is -0.452. The zero-order valence-corrected chi connectivity index (χ0v) is 14.8. The van der Waals surface area contributed by atoms with Crippen molar-refractivity contribution in [3.8, 4) is 0 Å². The van der Waals surface area contributed by atoms with Gasteiger partial charge in [0.05, 0.1) is 28.0 Å². The Kier molecular flexibility index (Phi) is 4.28. The van der Waals surface area contributed by atoms with Crippen LogP contribution in [-0.2, 0) is 6.54 Å². The number of aromatic nitrogens is 2. The van der Waals surface area contributed by atoms with Gasteiger partial charge in [-0.1, -0.05) is 11.6 Å². The number of hydrogen-bond donors (Lipinski definition) is 0. The van der Waals surface area contributed by atoms with Crippen LogP contribution in [0.15, 0.2) is 28.1 Å². The van der Waals surface area contributed by atoms with Gasteiger partial charge in [-0.05, 0) is 35.0 Å². The summed E-state index contributed by atoms with van der Waals surface area (Å²) in [6.07, 6.45) is 0. The average molecular weight is 408 g/mol. The molecule has 0 radical (unpaired) electrons. The Balaban J connectivity index is 2.17. The molecule has 0 amide bonds. The molecule has 2 heterocycles. The van der Waals surface area contributed by atoms with E-state index in [4.69, 9.17) is 23.2 Å². The minimum absolute atomic E-state index is 0.0693. The molecule has 0 aliphatic carbocycles. The fourth-order valence-corrected chi connectivity index (χ4v) is 3.96. The molecule has 0 spiro atoms. The number of alkyl halides is 1. The minimum Gasteiger partial charge on any atom is -0.321 e. The molecule has 0 aliphatic heterocycles. The number of fused-ring (bicyclic) bond motifs is 1. The van der Waals surface area contributed by atoms with Crippen molar-refractivity contribution in [1.82, 2.24) is 9.55 Å². The van der Waals surface area contributed by atoms with Crippen LogP contribution in [-0.4, -0.2) is 9.55 Å². The van der Waals surface area contributed by atoms with Gasteiger partial charge in [-0.25, -0.2) is 9.37 Å². The molecule has 0 N–H and O–H groups in total. The van der Waals surface area contributed by atoms with Gasteiger partial charge in [0.2, 0.25) is 0 Å². The lowest BCUT2D eigenvalue weighted by atomic mass is 10.3. The SMILES string of the molecule is CC(Cl)c1nc2cc(Cl)c(F)cc2n1Cc1cc(Br)cs1. The van der Waals surface area contributed by atoms with Gasteiger partial charge in [-0.15, -0.1) is 22.9 Å². The van der Waals surface area contributed by atoms with Crippen molar-refractivity contribution < 1.29 is 4.39 Å².